The van der Waals surface area contributed by atoms with Crippen LogP contribution in [0.2, 0.25) is 0 Å². The lowest BCUT2D eigenvalue weighted by Crippen LogP contribution is -2.53. The van der Waals surface area contributed by atoms with E-state index in [1.165, 1.54) is 12.8 Å². The van der Waals surface area contributed by atoms with Gasteiger partial charge < -0.3 is 14.5 Å². The standard InChI is InChI=1S/C15H26N2O3/c1-15(2,14(19)17-9-11-20-12-10-17)13(18)16-7-5-3-4-6-8-16/h3-12H2,1-2H3. The fraction of sp³-hybridized carbons (Fsp3) is 0.867. The normalized spacial score (nSPS) is 21.5. The Balaban J connectivity index is 2.03. The van der Waals surface area contributed by atoms with Crippen molar-refractivity contribution >= 4 is 11.8 Å². The van der Waals surface area contributed by atoms with Crippen LogP contribution in [0.1, 0.15) is 39.5 Å². The van der Waals surface area contributed by atoms with Crippen LogP contribution in [-0.4, -0.2) is 61.0 Å². The number of hydrogen-bond donors (Lipinski definition) is 0. The summed E-state index contributed by atoms with van der Waals surface area (Å²) in [5, 5.41) is 0. The van der Waals surface area contributed by atoms with Gasteiger partial charge in [0.15, 0.2) is 0 Å². The number of nitrogens with zero attached hydrogens (tertiary/aromatic N) is 2. The van der Waals surface area contributed by atoms with E-state index in [0.717, 1.165) is 25.9 Å². The van der Waals surface area contributed by atoms with Crippen molar-refractivity contribution in [1.82, 2.24) is 9.80 Å². The van der Waals surface area contributed by atoms with Gasteiger partial charge in [0, 0.05) is 26.2 Å². The minimum absolute atomic E-state index is 0.0177. The van der Waals surface area contributed by atoms with E-state index in [0.29, 0.717) is 26.3 Å². The molecule has 0 aliphatic carbocycles. The smallest absolute Gasteiger partial charge is 0.237 e. The van der Waals surface area contributed by atoms with Crippen molar-refractivity contribution < 1.29 is 14.3 Å². The van der Waals surface area contributed by atoms with E-state index >= 15 is 0 Å². The quantitative estimate of drug-likeness (QED) is 0.717. The van der Waals surface area contributed by atoms with Crippen molar-refractivity contribution in [2.45, 2.75) is 39.5 Å². The third-order valence-corrected chi connectivity index (χ3v) is 4.26. The maximum atomic E-state index is 12.7. The molecule has 114 valence electrons. The summed E-state index contributed by atoms with van der Waals surface area (Å²) in [5.41, 5.74) is -0.957. The zero-order chi connectivity index (χ0) is 14.6. The molecule has 2 amide bonds. The Morgan fingerprint density at radius 1 is 0.800 bits per heavy atom. The fourth-order valence-electron chi connectivity index (χ4n) is 2.92. The molecule has 2 fully saturated rings. The van der Waals surface area contributed by atoms with E-state index < -0.39 is 5.41 Å². The van der Waals surface area contributed by atoms with E-state index in [4.69, 9.17) is 4.74 Å². The van der Waals surface area contributed by atoms with Gasteiger partial charge in [-0.2, -0.15) is 0 Å². The monoisotopic (exact) mass is 282 g/mol. The fourth-order valence-corrected chi connectivity index (χ4v) is 2.92. The summed E-state index contributed by atoms with van der Waals surface area (Å²) in [6.07, 6.45) is 4.46. The number of hydrogen-bond acceptors (Lipinski definition) is 3. The molecule has 0 atom stereocenters. The molecule has 0 aromatic rings. The van der Waals surface area contributed by atoms with E-state index in [2.05, 4.69) is 0 Å². The molecule has 2 rings (SSSR count). The summed E-state index contributed by atoms with van der Waals surface area (Å²) in [6, 6.07) is 0. The minimum atomic E-state index is -0.957. The molecule has 0 aromatic heterocycles. The van der Waals surface area contributed by atoms with Gasteiger partial charge in [-0.1, -0.05) is 12.8 Å². The molecule has 2 saturated heterocycles. The number of likely N-dealkylation sites (tertiary alicyclic amines) is 1. The van der Waals surface area contributed by atoms with E-state index in [1.807, 2.05) is 4.90 Å². The number of ether oxygens (including phenoxy) is 1. The van der Waals surface area contributed by atoms with Crippen LogP contribution in [0.4, 0.5) is 0 Å². The molecule has 0 bridgehead atoms. The molecule has 2 heterocycles. The van der Waals surface area contributed by atoms with Gasteiger partial charge in [0.05, 0.1) is 13.2 Å². The third-order valence-electron chi connectivity index (χ3n) is 4.26. The van der Waals surface area contributed by atoms with Crippen LogP contribution in [-0.2, 0) is 14.3 Å². The predicted octanol–water partition coefficient (Wildman–Crippen LogP) is 1.27. The number of rotatable bonds is 2. The number of carbonyl (C=O) groups is 2. The van der Waals surface area contributed by atoms with Crippen molar-refractivity contribution in [2.75, 3.05) is 39.4 Å². The minimum Gasteiger partial charge on any atom is -0.378 e. The van der Waals surface area contributed by atoms with E-state index in [9.17, 15) is 9.59 Å². The lowest BCUT2D eigenvalue weighted by molar-refractivity contribution is -0.156. The highest BCUT2D eigenvalue weighted by Gasteiger charge is 2.42. The van der Waals surface area contributed by atoms with Crippen molar-refractivity contribution in [3.8, 4) is 0 Å². The summed E-state index contributed by atoms with van der Waals surface area (Å²) >= 11 is 0. The van der Waals surface area contributed by atoms with Gasteiger partial charge in [0.2, 0.25) is 11.8 Å². The lowest BCUT2D eigenvalue weighted by atomic mass is 9.89. The van der Waals surface area contributed by atoms with Crippen molar-refractivity contribution in [1.29, 1.82) is 0 Å². The Morgan fingerprint density at radius 2 is 1.25 bits per heavy atom. The Morgan fingerprint density at radius 3 is 1.75 bits per heavy atom. The maximum absolute atomic E-state index is 12.7. The second kappa shape index (κ2) is 6.57. The van der Waals surface area contributed by atoms with Gasteiger partial charge in [-0.25, -0.2) is 0 Å². The molecular weight excluding hydrogens is 256 g/mol. The summed E-state index contributed by atoms with van der Waals surface area (Å²) in [5.74, 6) is -0.0778. The SMILES string of the molecule is CC(C)(C(=O)N1CCCCCC1)C(=O)N1CCOCC1. The highest BCUT2D eigenvalue weighted by Crippen LogP contribution is 2.25. The number of morpholine rings is 1. The average Bonchev–Trinajstić information content (AvgIpc) is 2.75. The maximum Gasteiger partial charge on any atom is 0.237 e. The van der Waals surface area contributed by atoms with Crippen molar-refractivity contribution in [3.05, 3.63) is 0 Å². The summed E-state index contributed by atoms with van der Waals surface area (Å²) in [6.45, 7) is 7.43. The first-order valence-electron chi connectivity index (χ1n) is 7.70. The largest absolute Gasteiger partial charge is 0.378 e. The second-order valence-electron chi connectivity index (χ2n) is 6.24. The molecule has 20 heavy (non-hydrogen) atoms. The summed E-state index contributed by atoms with van der Waals surface area (Å²) in [7, 11) is 0. The van der Waals surface area contributed by atoms with Gasteiger partial charge in [-0.05, 0) is 26.7 Å². The van der Waals surface area contributed by atoms with Crippen LogP contribution < -0.4 is 0 Å². The van der Waals surface area contributed by atoms with Crippen molar-refractivity contribution in [3.63, 3.8) is 0 Å². The van der Waals surface area contributed by atoms with Crippen LogP contribution >= 0.6 is 0 Å². The Bertz CT molecular complexity index is 354. The molecule has 5 nitrogen and oxygen atoms in total. The zero-order valence-electron chi connectivity index (χ0n) is 12.7. The summed E-state index contributed by atoms with van der Waals surface area (Å²) < 4.78 is 5.27. The molecule has 2 aliphatic rings. The highest BCUT2D eigenvalue weighted by molar-refractivity contribution is 6.04. The van der Waals surface area contributed by atoms with Gasteiger partial charge in [-0.3, -0.25) is 9.59 Å². The second-order valence-corrected chi connectivity index (χ2v) is 6.24. The van der Waals surface area contributed by atoms with Gasteiger partial charge in [0.25, 0.3) is 0 Å². The third kappa shape index (κ3) is 3.32. The molecule has 0 spiro atoms. The average molecular weight is 282 g/mol. The molecule has 0 unspecified atom stereocenters. The van der Waals surface area contributed by atoms with Gasteiger partial charge in [0.1, 0.15) is 5.41 Å². The molecule has 2 aliphatic heterocycles. The molecule has 0 aromatic carbocycles. The Labute approximate surface area is 121 Å². The van der Waals surface area contributed by atoms with Crippen LogP contribution in [0, 0.1) is 5.41 Å². The van der Waals surface area contributed by atoms with Crippen LogP contribution in [0.25, 0.3) is 0 Å². The van der Waals surface area contributed by atoms with E-state index in [-0.39, 0.29) is 11.8 Å². The van der Waals surface area contributed by atoms with Gasteiger partial charge in [-0.15, -0.1) is 0 Å². The first-order chi connectivity index (χ1) is 9.53. The lowest BCUT2D eigenvalue weighted by Gasteiger charge is -2.36. The molecule has 5 heteroatoms. The molecule has 0 radical (unpaired) electrons. The first kappa shape index (κ1) is 15.3. The highest BCUT2D eigenvalue weighted by atomic mass is 16.5. The van der Waals surface area contributed by atoms with Crippen molar-refractivity contribution in [2.24, 2.45) is 5.41 Å². The molecular formula is C15H26N2O3. The number of carbonyl (C=O) groups excluding carboxylic acids is 2. The van der Waals surface area contributed by atoms with E-state index in [1.54, 1.807) is 18.7 Å². The number of amides is 2. The van der Waals surface area contributed by atoms with Crippen LogP contribution in [0.3, 0.4) is 0 Å². The topological polar surface area (TPSA) is 49.9 Å². The van der Waals surface area contributed by atoms with Crippen LogP contribution in [0.15, 0.2) is 0 Å². The zero-order valence-corrected chi connectivity index (χ0v) is 12.7. The molecule has 0 N–H and O–H groups in total. The Hall–Kier alpha value is -1.10. The first-order valence-corrected chi connectivity index (χ1v) is 7.70. The summed E-state index contributed by atoms with van der Waals surface area (Å²) in [4.78, 5) is 29.0. The molecule has 0 saturated carbocycles. The Kier molecular flexibility index (Phi) is 5.02. The van der Waals surface area contributed by atoms with Crippen LogP contribution in [0.5, 0.6) is 0 Å². The predicted molar refractivity (Wildman–Crippen MR) is 76.2 cm³/mol. The van der Waals surface area contributed by atoms with Gasteiger partial charge >= 0.3 is 0 Å².